The van der Waals surface area contributed by atoms with E-state index >= 15 is 0 Å². The number of benzene rings is 19. The second kappa shape index (κ2) is 28.6. The van der Waals surface area contributed by atoms with Crippen molar-refractivity contribution in [3.63, 3.8) is 0 Å². The maximum atomic E-state index is 6.34. The largest absolute Gasteiger partial charge is 0.456 e. The normalized spacial score (nSPS) is 13.2. The molecule has 572 valence electrons. The molecule has 0 fully saturated rings. The second-order valence-electron chi connectivity index (χ2n) is 32.0. The summed E-state index contributed by atoms with van der Waals surface area (Å²) in [6.45, 7) is 0. The zero-order valence-electron chi connectivity index (χ0n) is 66.5. The summed E-state index contributed by atoms with van der Waals surface area (Å²) in [6, 6.07) is 169. The van der Waals surface area contributed by atoms with Crippen molar-refractivity contribution in [1.82, 2.24) is 0 Å². The van der Waals surface area contributed by atoms with Gasteiger partial charge in [0.05, 0.1) is 45.0 Å². The highest BCUT2D eigenvalue weighted by Gasteiger charge is 2.55. The molecule has 0 radical (unpaired) electrons. The molecule has 2 aliphatic carbocycles. The summed E-state index contributed by atoms with van der Waals surface area (Å²) in [7, 11) is 0. The minimum absolute atomic E-state index is 0.562. The molecule has 0 saturated carbocycles. The summed E-state index contributed by atoms with van der Waals surface area (Å²) < 4.78 is 8.98. The number of hydrogen-bond acceptors (Lipinski definition) is 6. The number of rotatable bonds is 11. The van der Waals surface area contributed by atoms with E-state index in [1.807, 2.05) is 23.5 Å². The summed E-state index contributed by atoms with van der Waals surface area (Å²) in [5.41, 5.74) is 36.7. The third kappa shape index (κ3) is 10.9. The van der Waals surface area contributed by atoms with Gasteiger partial charge in [0, 0.05) is 76.2 Å². The minimum atomic E-state index is -0.566. The fourth-order valence-corrected chi connectivity index (χ4v) is 21.7. The third-order valence-corrected chi connectivity index (χ3v) is 26.9. The fourth-order valence-electron chi connectivity index (χ4n) is 20.7. The van der Waals surface area contributed by atoms with Gasteiger partial charge in [-0.1, -0.05) is 322 Å². The Balaban J connectivity index is 0.000000139. The smallest absolute Gasteiger partial charge is 0.135 e. The number of nitrogens with zero attached hydrogens (tertiary/aromatic N) is 4. The van der Waals surface area contributed by atoms with Gasteiger partial charge in [0.15, 0.2) is 0 Å². The van der Waals surface area contributed by atoms with E-state index in [-0.39, 0.29) is 0 Å². The lowest BCUT2D eigenvalue weighted by Crippen LogP contribution is -2.36. The zero-order valence-corrected chi connectivity index (χ0v) is 67.3. The van der Waals surface area contributed by atoms with Crippen LogP contribution in [0.5, 0.6) is 0 Å². The van der Waals surface area contributed by atoms with Crippen LogP contribution in [0, 0.1) is 0 Å². The molecular formula is C116H76N4OS. The molecule has 0 amide bonds. The predicted molar refractivity (Wildman–Crippen MR) is 510 cm³/mol. The van der Waals surface area contributed by atoms with Crippen LogP contribution >= 0.6 is 11.3 Å². The van der Waals surface area contributed by atoms with Crippen molar-refractivity contribution in [2.75, 3.05) is 19.6 Å². The molecule has 21 aromatic rings. The Morgan fingerprint density at radius 1 is 0.213 bits per heavy atom. The van der Waals surface area contributed by atoms with Gasteiger partial charge in [-0.3, -0.25) is 0 Å². The fraction of sp³-hybridized carbons (Fsp3) is 0.0172. The standard InChI is InChI=1S/C61H40N2S.C55H36N2O/c1-3-17-41(18-4-1)42-33-36-46(37-34-42)62(47-22-15-19-43(39-47)44-35-38-59-50(40-44)48-23-8-14-32-58(48)64-59)57-31-16-28-54-60(57)49-24-7-9-25-51(49)61(54)52-26-10-12-29-55(52)63(45-20-5-2-6-21-45)56-30-13-11-27-53(56)61;1-3-16-37(17-4-1)38-30-32-40(33-31-38)56(41-34-35-53-44(36-41)42-20-8-14-29-52(42)58-53)51-28-15-25-48-54(51)43-21-7-9-22-45(43)55(48)46-23-10-12-26-49(46)57(39-18-5-2-6-19-39)50-27-13-11-24-47(50)55/h1-40H;1-36H. The number of hydrogen-bond donors (Lipinski definition) is 0. The maximum absolute atomic E-state index is 6.34. The van der Waals surface area contributed by atoms with Gasteiger partial charge in [0.25, 0.3) is 0 Å². The van der Waals surface area contributed by atoms with E-state index in [0.717, 1.165) is 67.4 Å². The molecule has 2 aromatic heterocycles. The molecule has 0 bridgehead atoms. The molecule has 4 heterocycles. The van der Waals surface area contributed by atoms with Crippen LogP contribution in [0.15, 0.2) is 465 Å². The van der Waals surface area contributed by atoms with E-state index in [0.29, 0.717) is 0 Å². The molecule has 2 spiro atoms. The van der Waals surface area contributed by atoms with Crippen LogP contribution in [0.3, 0.4) is 0 Å². The summed E-state index contributed by atoms with van der Waals surface area (Å²) in [6.07, 6.45) is 0. The van der Waals surface area contributed by atoms with Gasteiger partial charge < -0.3 is 24.0 Å². The molecule has 6 heteroatoms. The summed E-state index contributed by atoms with van der Waals surface area (Å²) in [4.78, 5) is 9.82. The Bertz CT molecular complexity index is 7570. The molecule has 0 N–H and O–H groups in total. The van der Waals surface area contributed by atoms with Crippen molar-refractivity contribution in [3.8, 4) is 55.6 Å². The van der Waals surface area contributed by atoms with Gasteiger partial charge in [-0.15, -0.1) is 11.3 Å². The Kier molecular flexibility index (Phi) is 16.6. The minimum Gasteiger partial charge on any atom is -0.456 e. The van der Waals surface area contributed by atoms with E-state index in [9.17, 15) is 0 Å². The highest BCUT2D eigenvalue weighted by Crippen LogP contribution is 2.68. The van der Waals surface area contributed by atoms with Crippen molar-refractivity contribution in [1.29, 1.82) is 0 Å². The lowest BCUT2D eigenvalue weighted by Gasteiger charge is -2.45. The van der Waals surface area contributed by atoms with Crippen LogP contribution in [0.2, 0.25) is 0 Å². The number of furan rings is 1. The van der Waals surface area contributed by atoms with Crippen LogP contribution in [0.25, 0.3) is 97.7 Å². The van der Waals surface area contributed by atoms with Crippen molar-refractivity contribution in [2.45, 2.75) is 10.8 Å². The van der Waals surface area contributed by atoms with Crippen LogP contribution in [-0.4, -0.2) is 0 Å². The quantitative estimate of drug-likeness (QED) is 0.129. The van der Waals surface area contributed by atoms with Crippen LogP contribution in [0.1, 0.15) is 44.5 Å². The van der Waals surface area contributed by atoms with E-state index in [4.69, 9.17) is 4.42 Å². The van der Waals surface area contributed by atoms with Gasteiger partial charge in [-0.05, 0) is 229 Å². The molecule has 5 nitrogen and oxygen atoms in total. The molecule has 19 aromatic carbocycles. The van der Waals surface area contributed by atoms with Crippen LogP contribution < -0.4 is 19.6 Å². The van der Waals surface area contributed by atoms with Crippen LogP contribution in [-0.2, 0) is 10.8 Å². The average Bonchev–Trinajstić information content (AvgIpc) is 1.50. The Labute approximate surface area is 712 Å². The first-order chi connectivity index (χ1) is 60.5. The summed E-state index contributed by atoms with van der Waals surface area (Å²) in [5.74, 6) is 0. The van der Waals surface area contributed by atoms with E-state index in [1.54, 1.807) is 0 Å². The van der Waals surface area contributed by atoms with Gasteiger partial charge in [-0.25, -0.2) is 0 Å². The second-order valence-corrected chi connectivity index (χ2v) is 33.1. The SMILES string of the molecule is c1ccc(-c2ccc(N(c3ccc4oc5ccccc5c4c3)c3cccc4c3-c3ccccc3C43c4ccccc4N(c4ccccc4)c4ccccc43)cc2)cc1.c1ccc(-c2ccc(N(c3cccc(-c4ccc5sc6ccccc6c5c4)c3)c3cccc4c3-c3ccccc3C43c4ccccc4N(c4ccccc4)c4ccccc43)cc2)cc1. The molecule has 0 atom stereocenters. The topological polar surface area (TPSA) is 26.1 Å². The molecule has 25 rings (SSSR count). The van der Waals surface area contributed by atoms with Crippen LogP contribution in [0.4, 0.5) is 68.2 Å². The van der Waals surface area contributed by atoms with Gasteiger partial charge in [0.1, 0.15) is 11.2 Å². The number of fused-ring (bicyclic) bond motifs is 24. The highest BCUT2D eigenvalue weighted by molar-refractivity contribution is 7.25. The summed E-state index contributed by atoms with van der Waals surface area (Å²) >= 11 is 1.86. The monoisotopic (exact) mass is 1570 g/mol. The number of thiophene rings is 1. The van der Waals surface area contributed by atoms with Gasteiger partial charge >= 0.3 is 0 Å². The van der Waals surface area contributed by atoms with Gasteiger partial charge in [0.2, 0.25) is 0 Å². The lowest BCUT2D eigenvalue weighted by atomic mass is 9.64. The van der Waals surface area contributed by atoms with E-state index in [1.165, 1.54) is 143 Å². The average molecular weight is 1570 g/mol. The predicted octanol–water partition coefficient (Wildman–Crippen LogP) is 31.9. The molecule has 4 aliphatic rings. The molecule has 0 saturated heterocycles. The molecule has 2 aliphatic heterocycles. The van der Waals surface area contributed by atoms with Crippen molar-refractivity contribution >= 4 is 122 Å². The maximum Gasteiger partial charge on any atom is 0.135 e. The zero-order chi connectivity index (χ0) is 80.4. The molecular weight excluding hydrogens is 1500 g/mol. The first-order valence-electron chi connectivity index (χ1n) is 41.9. The van der Waals surface area contributed by atoms with Crippen molar-refractivity contribution in [2.24, 2.45) is 0 Å². The van der Waals surface area contributed by atoms with Crippen molar-refractivity contribution in [3.05, 3.63) is 506 Å². The molecule has 122 heavy (non-hydrogen) atoms. The number of para-hydroxylation sites is 7. The lowest BCUT2D eigenvalue weighted by molar-refractivity contribution is 0.669. The Hall–Kier alpha value is -15.6. The number of anilines is 12. The Morgan fingerprint density at radius 3 is 1.07 bits per heavy atom. The first-order valence-corrected chi connectivity index (χ1v) is 42.8. The van der Waals surface area contributed by atoms with E-state index in [2.05, 4.69) is 469 Å². The van der Waals surface area contributed by atoms with Crippen molar-refractivity contribution < 1.29 is 4.42 Å². The highest BCUT2D eigenvalue weighted by atomic mass is 32.1. The first kappa shape index (κ1) is 70.6. The third-order valence-electron chi connectivity index (χ3n) is 25.7. The van der Waals surface area contributed by atoms with Gasteiger partial charge in [-0.2, -0.15) is 0 Å². The van der Waals surface area contributed by atoms with E-state index < -0.39 is 10.8 Å². The Morgan fingerprint density at radius 2 is 0.566 bits per heavy atom. The summed E-state index contributed by atoms with van der Waals surface area (Å²) in [5, 5.41) is 4.82. The molecule has 0 unspecified atom stereocenters.